The van der Waals surface area contributed by atoms with Crippen molar-refractivity contribution in [2.45, 2.75) is 6.04 Å². The highest BCUT2D eigenvalue weighted by atomic mass is 32.1. The zero-order chi connectivity index (χ0) is 22.7. The summed E-state index contributed by atoms with van der Waals surface area (Å²) >= 11 is 1.28. The van der Waals surface area contributed by atoms with Crippen LogP contribution in [0.1, 0.15) is 21.3 Å². The Morgan fingerprint density at radius 3 is 2.56 bits per heavy atom. The average molecular weight is 459 g/mol. The normalized spacial score (nSPS) is 19.5. The highest BCUT2D eigenvalue weighted by Crippen LogP contribution is 2.41. The largest absolute Gasteiger partial charge is 0.503 e. The van der Waals surface area contributed by atoms with E-state index in [-0.39, 0.29) is 11.4 Å². The van der Waals surface area contributed by atoms with E-state index in [1.807, 2.05) is 0 Å². The van der Waals surface area contributed by atoms with Gasteiger partial charge in [-0.2, -0.15) is 0 Å². The third-order valence-electron chi connectivity index (χ3n) is 5.78. The third kappa shape index (κ3) is 4.23. The Labute approximate surface area is 190 Å². The van der Waals surface area contributed by atoms with Gasteiger partial charge in [-0.15, -0.1) is 11.3 Å². The SMILES string of the molecule is COc1ccc([C@H]2C(C(=O)c3cccs3)=C(O)C(=O)N2CCN2CCOCC2)cc1OC. The Balaban J connectivity index is 1.71. The predicted molar refractivity (Wildman–Crippen MR) is 120 cm³/mol. The average Bonchev–Trinajstić information content (AvgIpc) is 3.45. The second kappa shape index (κ2) is 9.72. The van der Waals surface area contributed by atoms with Crippen molar-refractivity contribution in [1.82, 2.24) is 9.80 Å². The van der Waals surface area contributed by atoms with Crippen LogP contribution in [0.15, 0.2) is 47.0 Å². The van der Waals surface area contributed by atoms with Gasteiger partial charge in [0.1, 0.15) is 0 Å². The van der Waals surface area contributed by atoms with Crippen molar-refractivity contribution in [2.24, 2.45) is 0 Å². The number of rotatable bonds is 8. The van der Waals surface area contributed by atoms with E-state index in [9.17, 15) is 14.7 Å². The smallest absolute Gasteiger partial charge is 0.290 e. The molecule has 0 aliphatic carbocycles. The van der Waals surface area contributed by atoms with Gasteiger partial charge in [0.25, 0.3) is 5.91 Å². The fraction of sp³-hybridized carbons (Fsp3) is 0.391. The summed E-state index contributed by atoms with van der Waals surface area (Å²) in [6.07, 6.45) is 0. The van der Waals surface area contributed by atoms with Crippen molar-refractivity contribution < 1.29 is 28.9 Å². The number of carbonyl (C=O) groups is 2. The molecule has 1 N–H and O–H groups in total. The number of aliphatic hydroxyl groups excluding tert-OH is 1. The molecule has 1 amide bonds. The number of aliphatic hydroxyl groups is 1. The highest BCUT2D eigenvalue weighted by molar-refractivity contribution is 7.12. The molecular formula is C23H26N2O6S. The minimum atomic E-state index is -0.724. The molecule has 3 heterocycles. The lowest BCUT2D eigenvalue weighted by atomic mass is 9.95. The summed E-state index contributed by atoms with van der Waals surface area (Å²) in [5, 5.41) is 12.6. The summed E-state index contributed by atoms with van der Waals surface area (Å²) in [7, 11) is 3.07. The van der Waals surface area contributed by atoms with Crippen LogP contribution in [0, 0.1) is 0 Å². The first-order chi connectivity index (χ1) is 15.5. The molecule has 1 fully saturated rings. The van der Waals surface area contributed by atoms with Crippen molar-refractivity contribution in [1.29, 1.82) is 0 Å². The number of morpholine rings is 1. The van der Waals surface area contributed by atoms with Gasteiger partial charge in [0.15, 0.2) is 17.3 Å². The number of nitrogens with zero attached hydrogens (tertiary/aromatic N) is 2. The number of ketones is 1. The van der Waals surface area contributed by atoms with E-state index < -0.39 is 17.7 Å². The molecule has 0 radical (unpaired) electrons. The Morgan fingerprint density at radius 1 is 1.16 bits per heavy atom. The minimum absolute atomic E-state index is 0.0895. The van der Waals surface area contributed by atoms with Crippen LogP contribution in [-0.2, 0) is 9.53 Å². The van der Waals surface area contributed by atoms with Crippen LogP contribution in [0.3, 0.4) is 0 Å². The molecule has 9 heteroatoms. The number of Topliss-reactive ketones (excluding diaryl/α,β-unsaturated/α-hetero) is 1. The number of methoxy groups -OCH3 is 2. The number of amides is 1. The molecule has 170 valence electrons. The van der Waals surface area contributed by atoms with Gasteiger partial charge in [-0.05, 0) is 29.1 Å². The van der Waals surface area contributed by atoms with E-state index in [0.29, 0.717) is 48.2 Å². The maximum atomic E-state index is 13.3. The first-order valence-electron chi connectivity index (χ1n) is 10.4. The molecule has 1 aromatic heterocycles. The molecule has 2 aliphatic rings. The van der Waals surface area contributed by atoms with Gasteiger partial charge < -0.3 is 24.2 Å². The zero-order valence-electron chi connectivity index (χ0n) is 18.1. The van der Waals surface area contributed by atoms with Gasteiger partial charge in [-0.25, -0.2) is 0 Å². The molecule has 32 heavy (non-hydrogen) atoms. The molecule has 0 bridgehead atoms. The number of hydrogen-bond acceptors (Lipinski definition) is 8. The molecule has 1 saturated heterocycles. The summed E-state index contributed by atoms with van der Waals surface area (Å²) in [6.45, 7) is 3.85. The first kappa shape index (κ1) is 22.3. The Hall–Kier alpha value is -2.88. The summed E-state index contributed by atoms with van der Waals surface area (Å²) in [4.78, 5) is 30.6. The predicted octanol–water partition coefficient (Wildman–Crippen LogP) is 2.68. The first-order valence-corrected chi connectivity index (χ1v) is 11.3. The van der Waals surface area contributed by atoms with Crippen molar-refractivity contribution in [3.05, 3.63) is 57.5 Å². The number of benzene rings is 1. The summed E-state index contributed by atoms with van der Waals surface area (Å²) in [5.74, 6) is -0.359. The molecule has 2 aromatic rings. The fourth-order valence-corrected chi connectivity index (χ4v) is 4.78. The van der Waals surface area contributed by atoms with Gasteiger partial charge in [0.2, 0.25) is 5.78 Å². The van der Waals surface area contributed by atoms with Crippen LogP contribution in [0.4, 0.5) is 0 Å². The standard InChI is InChI=1S/C23H26N2O6S/c1-29-16-6-5-15(14-17(16)30-2)20-19(21(26)18-4-3-13-32-18)22(27)23(28)25(20)8-7-24-9-11-31-12-10-24/h3-6,13-14,20,27H,7-12H2,1-2H3/t20-/m0/s1. The number of thiophene rings is 1. The quantitative estimate of drug-likeness (QED) is 0.609. The second-order valence-corrected chi connectivity index (χ2v) is 8.49. The molecule has 8 nitrogen and oxygen atoms in total. The topological polar surface area (TPSA) is 88.5 Å². The fourth-order valence-electron chi connectivity index (χ4n) is 4.10. The van der Waals surface area contributed by atoms with Crippen molar-refractivity contribution in [3.63, 3.8) is 0 Å². The van der Waals surface area contributed by atoms with E-state index in [1.165, 1.54) is 18.4 Å². The summed E-state index contributed by atoms with van der Waals surface area (Å²) in [5.41, 5.74) is 0.758. The van der Waals surface area contributed by atoms with E-state index in [1.54, 1.807) is 47.7 Å². The highest BCUT2D eigenvalue weighted by Gasteiger charge is 2.44. The van der Waals surface area contributed by atoms with Gasteiger partial charge in [0, 0.05) is 26.2 Å². The number of carbonyl (C=O) groups excluding carboxylic acids is 2. The maximum absolute atomic E-state index is 13.3. The Morgan fingerprint density at radius 2 is 1.91 bits per heavy atom. The van der Waals surface area contributed by atoms with Crippen LogP contribution in [-0.4, -0.2) is 80.2 Å². The minimum Gasteiger partial charge on any atom is -0.503 e. The lowest BCUT2D eigenvalue weighted by Crippen LogP contribution is -2.43. The zero-order valence-corrected chi connectivity index (χ0v) is 18.9. The second-order valence-electron chi connectivity index (χ2n) is 7.54. The van der Waals surface area contributed by atoms with Crippen molar-refractivity contribution in [3.8, 4) is 11.5 Å². The molecule has 1 atom stereocenters. The van der Waals surface area contributed by atoms with Crippen LogP contribution in [0.5, 0.6) is 11.5 Å². The van der Waals surface area contributed by atoms with Gasteiger partial charge in [0.05, 0.1) is 43.9 Å². The van der Waals surface area contributed by atoms with E-state index in [2.05, 4.69) is 4.90 Å². The maximum Gasteiger partial charge on any atom is 0.290 e. The Kier molecular flexibility index (Phi) is 6.78. The van der Waals surface area contributed by atoms with E-state index in [0.717, 1.165) is 13.1 Å². The summed E-state index contributed by atoms with van der Waals surface area (Å²) < 4.78 is 16.2. The lowest BCUT2D eigenvalue weighted by molar-refractivity contribution is -0.129. The monoisotopic (exact) mass is 458 g/mol. The molecule has 1 aromatic carbocycles. The van der Waals surface area contributed by atoms with Crippen LogP contribution >= 0.6 is 11.3 Å². The summed E-state index contributed by atoms with van der Waals surface area (Å²) in [6, 6.07) is 8.02. The van der Waals surface area contributed by atoms with Crippen LogP contribution in [0.2, 0.25) is 0 Å². The molecule has 0 spiro atoms. The van der Waals surface area contributed by atoms with E-state index >= 15 is 0 Å². The van der Waals surface area contributed by atoms with Gasteiger partial charge in [-0.1, -0.05) is 12.1 Å². The Bertz CT molecular complexity index is 1010. The molecule has 2 aliphatic heterocycles. The van der Waals surface area contributed by atoms with Crippen molar-refractivity contribution >= 4 is 23.0 Å². The van der Waals surface area contributed by atoms with Crippen LogP contribution in [0.25, 0.3) is 0 Å². The van der Waals surface area contributed by atoms with E-state index in [4.69, 9.17) is 14.2 Å². The third-order valence-corrected chi connectivity index (χ3v) is 6.65. The molecule has 0 saturated carbocycles. The number of hydrogen-bond donors (Lipinski definition) is 1. The molecule has 4 rings (SSSR count). The van der Waals surface area contributed by atoms with Gasteiger partial charge in [-0.3, -0.25) is 14.5 Å². The van der Waals surface area contributed by atoms with Gasteiger partial charge >= 0.3 is 0 Å². The number of ether oxygens (including phenoxy) is 3. The molecule has 0 unspecified atom stereocenters. The molecular weight excluding hydrogens is 432 g/mol. The van der Waals surface area contributed by atoms with Crippen LogP contribution < -0.4 is 9.47 Å². The lowest BCUT2D eigenvalue weighted by Gasteiger charge is -2.31. The van der Waals surface area contributed by atoms with Crippen molar-refractivity contribution in [2.75, 3.05) is 53.6 Å².